The Bertz CT molecular complexity index is 3550. The number of halogens is 1. The standard InChI is InChI=1S/C64H44ClN/c1-63(2)56-21-11-9-18-51(56)53-37-34-49(40-59(53)63)66(47-30-24-43(25-31-47)41-14-5-3-6-15-41)48-32-26-44(27-33-48)50-20-13-23-58-62(50)55-36-29-46(65)39-61(55)64(58)57-22-12-10-19-52(57)54-35-28-45(38-60(54)64)42-16-7-4-8-17-42/h3-40H,1-2H3. The van der Waals surface area contributed by atoms with Crippen LogP contribution in [0.5, 0.6) is 0 Å². The predicted molar refractivity (Wildman–Crippen MR) is 276 cm³/mol. The summed E-state index contributed by atoms with van der Waals surface area (Å²) < 4.78 is 0. The second kappa shape index (κ2) is 14.7. The van der Waals surface area contributed by atoms with Crippen LogP contribution in [0.2, 0.25) is 5.02 Å². The van der Waals surface area contributed by atoms with Crippen LogP contribution in [0.4, 0.5) is 17.1 Å². The minimum absolute atomic E-state index is 0.121. The summed E-state index contributed by atoms with van der Waals surface area (Å²) in [6.07, 6.45) is 0. The van der Waals surface area contributed by atoms with Gasteiger partial charge in [-0.3, -0.25) is 0 Å². The highest BCUT2D eigenvalue weighted by Gasteiger charge is 2.52. The predicted octanol–water partition coefficient (Wildman–Crippen LogP) is 17.5. The highest BCUT2D eigenvalue weighted by Crippen LogP contribution is 2.65. The SMILES string of the molecule is CC1(C)c2ccccc2-c2ccc(N(c3ccc(-c4ccccc4)cc3)c3ccc(-c4cccc5c4-c4ccc(Cl)cc4C54c5ccccc5-c5ccc(-c6ccccc6)cc54)cc3)cc21. The molecule has 2 heteroatoms. The van der Waals surface area contributed by atoms with E-state index in [1.165, 1.54) is 100 Å². The lowest BCUT2D eigenvalue weighted by molar-refractivity contribution is 0.660. The number of nitrogens with zero attached hydrogens (tertiary/aromatic N) is 1. The van der Waals surface area contributed by atoms with Gasteiger partial charge >= 0.3 is 0 Å². The average molecular weight is 863 g/mol. The third kappa shape index (κ3) is 5.60. The molecule has 0 saturated carbocycles. The molecule has 312 valence electrons. The van der Waals surface area contributed by atoms with Gasteiger partial charge in [0.2, 0.25) is 0 Å². The van der Waals surface area contributed by atoms with E-state index in [2.05, 4.69) is 249 Å². The Morgan fingerprint density at radius 2 is 0.773 bits per heavy atom. The van der Waals surface area contributed by atoms with Gasteiger partial charge in [-0.2, -0.15) is 0 Å². The molecule has 0 N–H and O–H groups in total. The van der Waals surface area contributed by atoms with Crippen molar-refractivity contribution in [3.63, 3.8) is 0 Å². The third-order valence-electron chi connectivity index (χ3n) is 14.8. The second-order valence-corrected chi connectivity index (χ2v) is 19.0. The Hall–Kier alpha value is -7.71. The fourth-order valence-corrected chi connectivity index (χ4v) is 11.9. The van der Waals surface area contributed by atoms with Gasteiger partial charge in [0.1, 0.15) is 0 Å². The fraction of sp³-hybridized carbons (Fsp3) is 0.0625. The summed E-state index contributed by atoms with van der Waals surface area (Å²) in [5.74, 6) is 0. The first-order chi connectivity index (χ1) is 32.4. The molecule has 13 rings (SSSR count). The van der Waals surface area contributed by atoms with Gasteiger partial charge in [0, 0.05) is 27.5 Å². The first kappa shape index (κ1) is 38.7. The maximum atomic E-state index is 7.02. The summed E-state index contributed by atoms with van der Waals surface area (Å²) in [5.41, 5.74) is 25.4. The highest BCUT2D eigenvalue weighted by atomic mass is 35.5. The molecule has 10 aromatic rings. The molecule has 0 saturated heterocycles. The van der Waals surface area contributed by atoms with E-state index in [4.69, 9.17) is 11.6 Å². The van der Waals surface area contributed by atoms with E-state index in [0.717, 1.165) is 22.1 Å². The molecule has 0 radical (unpaired) electrons. The zero-order valence-electron chi connectivity index (χ0n) is 36.8. The zero-order chi connectivity index (χ0) is 44.1. The summed E-state index contributed by atoms with van der Waals surface area (Å²) in [6.45, 7) is 4.71. The van der Waals surface area contributed by atoms with Crippen molar-refractivity contribution in [3.05, 3.63) is 269 Å². The Morgan fingerprint density at radius 3 is 1.48 bits per heavy atom. The molecule has 0 heterocycles. The second-order valence-electron chi connectivity index (χ2n) is 18.5. The molecule has 1 unspecified atom stereocenters. The lowest BCUT2D eigenvalue weighted by Gasteiger charge is -2.31. The van der Waals surface area contributed by atoms with Crippen LogP contribution in [0.25, 0.3) is 66.8 Å². The van der Waals surface area contributed by atoms with Crippen molar-refractivity contribution in [1.82, 2.24) is 0 Å². The number of rotatable bonds is 6. The van der Waals surface area contributed by atoms with Crippen molar-refractivity contribution in [1.29, 1.82) is 0 Å². The molecule has 1 spiro atoms. The Labute approximate surface area is 391 Å². The normalized spacial score (nSPS) is 15.4. The van der Waals surface area contributed by atoms with Crippen molar-refractivity contribution in [2.24, 2.45) is 0 Å². The van der Waals surface area contributed by atoms with Crippen LogP contribution in [0.3, 0.4) is 0 Å². The van der Waals surface area contributed by atoms with E-state index < -0.39 is 5.41 Å². The zero-order valence-corrected chi connectivity index (χ0v) is 37.5. The number of fused-ring (bicyclic) bond motifs is 13. The van der Waals surface area contributed by atoms with Crippen LogP contribution in [0.15, 0.2) is 231 Å². The molecule has 0 aliphatic heterocycles. The van der Waals surface area contributed by atoms with E-state index in [1.54, 1.807) is 0 Å². The summed E-state index contributed by atoms with van der Waals surface area (Å²) in [4.78, 5) is 2.41. The molecule has 0 bridgehead atoms. The van der Waals surface area contributed by atoms with Crippen LogP contribution in [-0.4, -0.2) is 0 Å². The quantitative estimate of drug-likeness (QED) is 0.161. The van der Waals surface area contributed by atoms with E-state index >= 15 is 0 Å². The number of anilines is 3. The van der Waals surface area contributed by atoms with Gasteiger partial charge in [0.05, 0.1) is 5.41 Å². The minimum atomic E-state index is -0.536. The van der Waals surface area contributed by atoms with Gasteiger partial charge in [-0.15, -0.1) is 0 Å². The molecule has 10 aromatic carbocycles. The largest absolute Gasteiger partial charge is 0.310 e. The third-order valence-corrected chi connectivity index (χ3v) is 15.0. The highest BCUT2D eigenvalue weighted by molar-refractivity contribution is 6.31. The molecule has 1 nitrogen and oxygen atoms in total. The number of hydrogen-bond acceptors (Lipinski definition) is 1. The van der Waals surface area contributed by atoms with Crippen LogP contribution in [0, 0.1) is 0 Å². The summed E-state index contributed by atoms with van der Waals surface area (Å²) in [7, 11) is 0. The van der Waals surface area contributed by atoms with E-state index in [-0.39, 0.29) is 5.41 Å². The fourth-order valence-electron chi connectivity index (χ4n) is 11.8. The molecule has 3 aliphatic rings. The van der Waals surface area contributed by atoms with Gasteiger partial charge in [-0.1, -0.05) is 201 Å². The number of benzene rings is 10. The van der Waals surface area contributed by atoms with Crippen molar-refractivity contribution in [3.8, 4) is 66.8 Å². The van der Waals surface area contributed by atoms with Crippen LogP contribution < -0.4 is 4.90 Å². The lowest BCUT2D eigenvalue weighted by atomic mass is 9.70. The van der Waals surface area contributed by atoms with Crippen LogP contribution >= 0.6 is 11.6 Å². The number of hydrogen-bond donors (Lipinski definition) is 0. The van der Waals surface area contributed by atoms with Crippen LogP contribution in [-0.2, 0) is 10.8 Å². The average Bonchev–Trinajstić information content (AvgIpc) is 3.92. The van der Waals surface area contributed by atoms with E-state index in [1.807, 2.05) is 0 Å². The van der Waals surface area contributed by atoms with Gasteiger partial charge < -0.3 is 4.90 Å². The van der Waals surface area contributed by atoms with E-state index in [0.29, 0.717) is 0 Å². The van der Waals surface area contributed by atoms with Gasteiger partial charge in [-0.05, 0) is 155 Å². The maximum Gasteiger partial charge on any atom is 0.0726 e. The topological polar surface area (TPSA) is 3.24 Å². The van der Waals surface area contributed by atoms with Crippen molar-refractivity contribution in [2.75, 3.05) is 4.90 Å². The Balaban J connectivity index is 0.967. The molecule has 66 heavy (non-hydrogen) atoms. The first-order valence-corrected chi connectivity index (χ1v) is 23.3. The molecule has 0 aromatic heterocycles. The maximum absolute atomic E-state index is 7.02. The van der Waals surface area contributed by atoms with Crippen molar-refractivity contribution in [2.45, 2.75) is 24.7 Å². The molecule has 3 aliphatic carbocycles. The van der Waals surface area contributed by atoms with Gasteiger partial charge in [0.15, 0.2) is 0 Å². The Kier molecular flexibility index (Phi) is 8.60. The smallest absolute Gasteiger partial charge is 0.0726 e. The summed E-state index contributed by atoms with van der Waals surface area (Å²) >= 11 is 7.02. The monoisotopic (exact) mass is 861 g/mol. The van der Waals surface area contributed by atoms with Crippen LogP contribution in [0.1, 0.15) is 47.2 Å². The molecular formula is C64H44ClN. The van der Waals surface area contributed by atoms with Crippen molar-refractivity contribution < 1.29 is 0 Å². The summed E-state index contributed by atoms with van der Waals surface area (Å²) in [6, 6.07) is 85.0. The lowest BCUT2D eigenvalue weighted by Crippen LogP contribution is -2.26. The van der Waals surface area contributed by atoms with Crippen molar-refractivity contribution >= 4 is 28.7 Å². The molecule has 0 fully saturated rings. The Morgan fingerprint density at radius 1 is 0.303 bits per heavy atom. The van der Waals surface area contributed by atoms with Gasteiger partial charge in [-0.25, -0.2) is 0 Å². The minimum Gasteiger partial charge on any atom is -0.310 e. The molecule has 1 atom stereocenters. The first-order valence-electron chi connectivity index (χ1n) is 22.9. The summed E-state index contributed by atoms with van der Waals surface area (Å²) in [5, 5.41) is 0.743. The molecule has 0 amide bonds. The van der Waals surface area contributed by atoms with Gasteiger partial charge in [0.25, 0.3) is 0 Å². The molecular weight excluding hydrogens is 818 g/mol. The van der Waals surface area contributed by atoms with E-state index in [9.17, 15) is 0 Å².